The molecule has 0 aliphatic heterocycles. The summed E-state index contributed by atoms with van der Waals surface area (Å²) in [6.07, 6.45) is 14.9. The average Bonchev–Trinajstić information content (AvgIpc) is 3.19. The Balaban J connectivity index is 1.68. The van der Waals surface area contributed by atoms with E-state index >= 15 is 0 Å². The van der Waals surface area contributed by atoms with Crippen LogP contribution in [-0.2, 0) is 13.6 Å². The van der Waals surface area contributed by atoms with Crippen LogP contribution in [-0.4, -0.2) is 35.1 Å². The van der Waals surface area contributed by atoms with Gasteiger partial charge in [-0.1, -0.05) is 74.0 Å². The quantitative estimate of drug-likeness (QED) is 0.157. The van der Waals surface area contributed by atoms with Gasteiger partial charge in [0.2, 0.25) is 0 Å². The Morgan fingerprint density at radius 2 is 1.56 bits per heavy atom. The van der Waals surface area contributed by atoms with Crippen molar-refractivity contribution in [2.24, 2.45) is 40.4 Å². The van der Waals surface area contributed by atoms with Crippen molar-refractivity contribution in [3.05, 3.63) is 11.6 Å². The number of fused-ring (bicyclic) bond motifs is 5. The van der Waals surface area contributed by atoms with Crippen LogP contribution in [0, 0.1) is 40.4 Å². The molecule has 0 aromatic heterocycles. The maximum Gasteiger partial charge on any atom is 0.192 e. The van der Waals surface area contributed by atoms with E-state index in [9.17, 15) is 4.79 Å². The zero-order valence-electron chi connectivity index (χ0n) is 29.3. The minimum Gasteiger partial charge on any atom is -0.414 e. The molecule has 3 saturated carbocycles. The number of carbonyl (C=O) groups is 1. The van der Waals surface area contributed by atoms with E-state index in [2.05, 4.69) is 94.6 Å². The summed E-state index contributed by atoms with van der Waals surface area (Å²) in [6.45, 7) is 31.7. The summed E-state index contributed by atoms with van der Waals surface area (Å²) in [5.41, 5.74) is 2.19. The molecule has 3 fully saturated rings. The average molecular weight is 603 g/mol. The van der Waals surface area contributed by atoms with Gasteiger partial charge in [0.25, 0.3) is 0 Å². The van der Waals surface area contributed by atoms with Gasteiger partial charge in [0, 0.05) is 11.8 Å². The lowest BCUT2D eigenvalue weighted by Crippen LogP contribution is -2.60. The predicted molar refractivity (Wildman–Crippen MR) is 179 cm³/mol. The fraction of sp³-hybridized carbons (Fsp3) is 0.917. The highest BCUT2D eigenvalue weighted by Gasteiger charge is 2.62. The van der Waals surface area contributed by atoms with Gasteiger partial charge < -0.3 is 13.6 Å². The molecule has 0 heterocycles. The number of rotatable bonds is 8. The first-order valence-electron chi connectivity index (χ1n) is 17.2. The van der Waals surface area contributed by atoms with Crippen LogP contribution in [0.25, 0.3) is 0 Å². The highest BCUT2D eigenvalue weighted by atomic mass is 28.4. The summed E-state index contributed by atoms with van der Waals surface area (Å²) >= 11 is 0. The first-order valence-corrected chi connectivity index (χ1v) is 23.0. The maximum absolute atomic E-state index is 11.2. The van der Waals surface area contributed by atoms with Crippen LogP contribution in [0.15, 0.2) is 11.6 Å². The van der Waals surface area contributed by atoms with E-state index in [0.29, 0.717) is 17.3 Å². The Morgan fingerprint density at radius 3 is 2.15 bits per heavy atom. The van der Waals surface area contributed by atoms with E-state index in [4.69, 9.17) is 8.85 Å². The minimum atomic E-state index is -1.98. The molecule has 0 bridgehead atoms. The number of hydrogen-bond donors (Lipinski definition) is 0. The van der Waals surface area contributed by atoms with Crippen LogP contribution >= 0.6 is 0 Å². The summed E-state index contributed by atoms with van der Waals surface area (Å²) in [6, 6.07) is 0. The molecular weight excluding hydrogens is 537 g/mol. The van der Waals surface area contributed by atoms with Gasteiger partial charge in [0.05, 0.1) is 12.2 Å². The molecule has 0 aromatic rings. The fourth-order valence-electron chi connectivity index (χ4n) is 9.55. The molecule has 41 heavy (non-hydrogen) atoms. The Bertz CT molecular complexity index is 988. The lowest BCUT2D eigenvalue weighted by molar-refractivity contribution is -0.108. The smallest absolute Gasteiger partial charge is 0.192 e. The Hall–Kier alpha value is -0.236. The van der Waals surface area contributed by atoms with Crippen molar-refractivity contribution in [2.75, 3.05) is 0 Å². The van der Waals surface area contributed by atoms with Gasteiger partial charge in [-0.15, -0.1) is 0 Å². The number of allylic oxidation sites excluding steroid dienone is 1. The molecule has 0 radical (unpaired) electrons. The summed E-state index contributed by atoms with van der Waals surface area (Å²) in [7, 11) is -3.86. The van der Waals surface area contributed by atoms with Gasteiger partial charge in [0.15, 0.2) is 16.6 Å². The number of aldehydes is 1. The summed E-state index contributed by atoms with van der Waals surface area (Å²) in [5.74, 6) is 3.67. The normalized spacial score (nSPS) is 38.9. The SMILES string of the molecule is C[C@H](CCC=O)[C@H]1CC[C@H]2[C@@H]3CC=C4C[C@@H](O[Si](C)(C)C(C)(C)C)C[C@H](O[Si](C)(C)C(C)(C)C)[C@]4(C)[C@H]3CC[C@]12C. The van der Waals surface area contributed by atoms with E-state index in [1.807, 2.05) is 0 Å². The van der Waals surface area contributed by atoms with E-state index in [0.717, 1.165) is 49.7 Å². The second-order valence-electron chi connectivity index (χ2n) is 18.4. The molecule has 236 valence electrons. The van der Waals surface area contributed by atoms with Crippen molar-refractivity contribution in [3.8, 4) is 0 Å². The number of carbonyl (C=O) groups excluding carboxylic acids is 1. The second-order valence-corrected chi connectivity index (χ2v) is 27.9. The third-order valence-electron chi connectivity index (χ3n) is 14.1. The molecule has 4 rings (SSSR count). The van der Waals surface area contributed by atoms with Crippen LogP contribution in [0.4, 0.5) is 0 Å². The summed E-state index contributed by atoms with van der Waals surface area (Å²) in [4.78, 5) is 11.2. The van der Waals surface area contributed by atoms with Crippen LogP contribution in [0.5, 0.6) is 0 Å². The summed E-state index contributed by atoms with van der Waals surface area (Å²) < 4.78 is 14.7. The van der Waals surface area contributed by atoms with Crippen LogP contribution in [0.1, 0.15) is 120 Å². The molecular formula is C36H66O3Si2. The lowest BCUT2D eigenvalue weighted by Gasteiger charge is -2.62. The first kappa shape index (κ1) is 33.7. The van der Waals surface area contributed by atoms with E-state index < -0.39 is 16.6 Å². The molecule has 4 aliphatic rings. The molecule has 0 N–H and O–H groups in total. The van der Waals surface area contributed by atoms with Gasteiger partial charge >= 0.3 is 0 Å². The van der Waals surface area contributed by atoms with Crippen LogP contribution in [0.3, 0.4) is 0 Å². The molecule has 5 heteroatoms. The van der Waals surface area contributed by atoms with Crippen molar-refractivity contribution in [1.29, 1.82) is 0 Å². The molecule has 0 saturated heterocycles. The van der Waals surface area contributed by atoms with Crippen molar-refractivity contribution in [1.82, 2.24) is 0 Å². The van der Waals surface area contributed by atoms with Crippen molar-refractivity contribution < 1.29 is 13.6 Å². The fourth-order valence-corrected chi connectivity index (χ4v) is 12.3. The van der Waals surface area contributed by atoms with E-state index in [-0.39, 0.29) is 27.7 Å². The van der Waals surface area contributed by atoms with Gasteiger partial charge in [0.1, 0.15) is 6.29 Å². The maximum atomic E-state index is 11.2. The molecule has 0 unspecified atom stereocenters. The van der Waals surface area contributed by atoms with Crippen LogP contribution < -0.4 is 0 Å². The highest BCUT2D eigenvalue weighted by molar-refractivity contribution is 6.74. The highest BCUT2D eigenvalue weighted by Crippen LogP contribution is 2.68. The van der Waals surface area contributed by atoms with E-state index in [1.54, 1.807) is 5.57 Å². The Kier molecular flexibility index (Phi) is 9.26. The van der Waals surface area contributed by atoms with Crippen LogP contribution in [0.2, 0.25) is 36.3 Å². The zero-order chi connectivity index (χ0) is 30.8. The molecule has 4 aliphatic carbocycles. The molecule has 0 amide bonds. The standard InChI is InChI=1S/C36H66O3Si2/c1-25(15-14-22-37)29-18-19-30-28-17-16-26-23-27(38-40(10,11)33(2,3)4)24-32(39-41(12,13)34(5,6)7)36(26,9)31(28)20-21-35(29,30)8/h16,22,25,27-32H,14-15,17-21,23-24H2,1-13H3/t25-,27-,28+,29-,30+,31+,32+,35-,36+/m1/s1. The third kappa shape index (κ3) is 5.93. The monoisotopic (exact) mass is 602 g/mol. The van der Waals surface area contributed by atoms with Crippen molar-refractivity contribution >= 4 is 22.9 Å². The number of hydrogen-bond acceptors (Lipinski definition) is 3. The summed E-state index contributed by atoms with van der Waals surface area (Å²) in [5, 5.41) is 0.404. The Labute approximate surface area is 256 Å². The topological polar surface area (TPSA) is 35.5 Å². The zero-order valence-corrected chi connectivity index (χ0v) is 31.3. The molecule has 3 nitrogen and oxygen atoms in total. The van der Waals surface area contributed by atoms with Gasteiger partial charge in [-0.3, -0.25) is 0 Å². The third-order valence-corrected chi connectivity index (χ3v) is 23.2. The second kappa shape index (κ2) is 11.3. The molecule has 9 atom stereocenters. The minimum absolute atomic E-state index is 0.105. The van der Waals surface area contributed by atoms with Crippen molar-refractivity contribution in [2.45, 2.75) is 169 Å². The van der Waals surface area contributed by atoms with Gasteiger partial charge in [-0.2, -0.15) is 0 Å². The lowest BCUT2D eigenvalue weighted by atomic mass is 9.46. The van der Waals surface area contributed by atoms with E-state index in [1.165, 1.54) is 32.1 Å². The predicted octanol–water partition coefficient (Wildman–Crippen LogP) is 10.6. The van der Waals surface area contributed by atoms with Crippen molar-refractivity contribution in [3.63, 3.8) is 0 Å². The first-order chi connectivity index (χ1) is 18.7. The largest absolute Gasteiger partial charge is 0.414 e. The molecule has 0 aromatic carbocycles. The van der Waals surface area contributed by atoms with Gasteiger partial charge in [-0.25, -0.2) is 0 Å². The molecule has 0 spiro atoms. The Morgan fingerprint density at radius 1 is 0.951 bits per heavy atom. The van der Waals surface area contributed by atoms with Gasteiger partial charge in [-0.05, 0) is 123 Å².